The van der Waals surface area contributed by atoms with E-state index in [1.807, 2.05) is 6.07 Å². The number of carbonyl (C=O) groups excluding carboxylic acids is 1. The molecule has 0 radical (unpaired) electrons. The molecule has 0 aliphatic heterocycles. The standard InChI is InChI=1S/C18H17ClFNO3/c1-24-17-5-3-10(9-15(17)20)12-6-13(7-12)21-18(23)11-2-4-16(22)14(19)8-11/h2-5,8-9,12-13,22H,6-7H2,1H3,(H,21,23). The van der Waals surface area contributed by atoms with E-state index in [1.54, 1.807) is 6.07 Å². The van der Waals surface area contributed by atoms with Crippen molar-refractivity contribution in [2.24, 2.45) is 0 Å². The number of phenolic OH excluding ortho intramolecular Hbond substituents is 1. The maximum absolute atomic E-state index is 13.7. The van der Waals surface area contributed by atoms with Gasteiger partial charge in [0.25, 0.3) is 5.91 Å². The highest BCUT2D eigenvalue weighted by Crippen LogP contribution is 2.38. The Bertz CT molecular complexity index is 775. The Morgan fingerprint density at radius 1 is 1.29 bits per heavy atom. The van der Waals surface area contributed by atoms with Crippen LogP contribution in [0.3, 0.4) is 0 Å². The van der Waals surface area contributed by atoms with Crippen molar-refractivity contribution in [3.05, 3.63) is 58.4 Å². The number of hydrogen-bond donors (Lipinski definition) is 2. The molecule has 3 rings (SSSR count). The molecule has 2 N–H and O–H groups in total. The first-order valence-corrected chi connectivity index (χ1v) is 7.98. The van der Waals surface area contributed by atoms with Crippen LogP contribution in [-0.4, -0.2) is 24.2 Å². The lowest BCUT2D eigenvalue weighted by atomic mass is 9.75. The van der Waals surface area contributed by atoms with E-state index in [9.17, 15) is 14.3 Å². The Balaban J connectivity index is 1.57. The third-order valence-electron chi connectivity index (χ3n) is 4.33. The summed E-state index contributed by atoms with van der Waals surface area (Å²) in [5.74, 6) is -0.216. The van der Waals surface area contributed by atoms with Crippen molar-refractivity contribution in [3.63, 3.8) is 0 Å². The molecule has 0 heterocycles. The minimum absolute atomic E-state index is 0.0419. The van der Waals surface area contributed by atoms with Gasteiger partial charge in [-0.25, -0.2) is 4.39 Å². The number of phenols is 1. The molecule has 1 amide bonds. The van der Waals surface area contributed by atoms with Crippen LogP contribution in [-0.2, 0) is 0 Å². The molecule has 1 saturated carbocycles. The van der Waals surface area contributed by atoms with E-state index >= 15 is 0 Å². The number of rotatable bonds is 4. The van der Waals surface area contributed by atoms with Crippen molar-refractivity contribution >= 4 is 17.5 Å². The summed E-state index contributed by atoms with van der Waals surface area (Å²) in [4.78, 5) is 12.2. The van der Waals surface area contributed by atoms with Gasteiger partial charge in [0.15, 0.2) is 11.6 Å². The first-order valence-electron chi connectivity index (χ1n) is 7.60. The van der Waals surface area contributed by atoms with E-state index in [0.29, 0.717) is 5.56 Å². The van der Waals surface area contributed by atoms with E-state index in [-0.39, 0.29) is 40.2 Å². The predicted octanol–water partition coefficient (Wildman–Crippen LogP) is 3.87. The molecular weight excluding hydrogens is 333 g/mol. The van der Waals surface area contributed by atoms with Gasteiger partial charge in [-0.05, 0) is 54.7 Å². The van der Waals surface area contributed by atoms with Crippen LogP contribution in [0.15, 0.2) is 36.4 Å². The molecular formula is C18H17ClFNO3. The van der Waals surface area contributed by atoms with Gasteiger partial charge in [0.2, 0.25) is 0 Å². The van der Waals surface area contributed by atoms with E-state index < -0.39 is 0 Å². The van der Waals surface area contributed by atoms with E-state index in [0.717, 1.165) is 18.4 Å². The Hall–Kier alpha value is -2.27. The average Bonchev–Trinajstić information content (AvgIpc) is 2.52. The van der Waals surface area contributed by atoms with Gasteiger partial charge in [0.1, 0.15) is 5.75 Å². The van der Waals surface area contributed by atoms with Gasteiger partial charge in [-0.15, -0.1) is 0 Å². The van der Waals surface area contributed by atoms with Crippen LogP contribution < -0.4 is 10.1 Å². The van der Waals surface area contributed by atoms with Gasteiger partial charge in [0.05, 0.1) is 12.1 Å². The third kappa shape index (κ3) is 3.31. The van der Waals surface area contributed by atoms with Crippen molar-refractivity contribution in [2.75, 3.05) is 7.11 Å². The zero-order chi connectivity index (χ0) is 17.3. The molecule has 2 aromatic rings. The number of benzene rings is 2. The fourth-order valence-electron chi connectivity index (χ4n) is 2.86. The average molecular weight is 350 g/mol. The second-order valence-corrected chi connectivity index (χ2v) is 6.31. The summed E-state index contributed by atoms with van der Waals surface area (Å²) in [7, 11) is 1.43. The smallest absolute Gasteiger partial charge is 0.251 e. The fourth-order valence-corrected chi connectivity index (χ4v) is 3.04. The summed E-state index contributed by atoms with van der Waals surface area (Å²) in [5, 5.41) is 12.4. The van der Waals surface area contributed by atoms with Crippen LogP contribution in [0.4, 0.5) is 4.39 Å². The Kier molecular flexibility index (Phi) is 4.62. The van der Waals surface area contributed by atoms with Crippen molar-refractivity contribution in [1.29, 1.82) is 0 Å². The first-order chi connectivity index (χ1) is 11.5. The van der Waals surface area contributed by atoms with E-state index in [1.165, 1.54) is 31.4 Å². The minimum atomic E-state index is -0.374. The predicted molar refractivity (Wildman–Crippen MR) is 89.3 cm³/mol. The van der Waals surface area contributed by atoms with Gasteiger partial charge in [0, 0.05) is 11.6 Å². The molecule has 6 heteroatoms. The summed E-state index contributed by atoms with van der Waals surface area (Å²) in [5.41, 5.74) is 1.31. The molecule has 1 aliphatic carbocycles. The monoisotopic (exact) mass is 349 g/mol. The molecule has 0 spiro atoms. The van der Waals surface area contributed by atoms with Crippen molar-refractivity contribution < 1.29 is 19.0 Å². The number of carbonyl (C=O) groups is 1. The third-order valence-corrected chi connectivity index (χ3v) is 4.63. The molecule has 0 atom stereocenters. The highest BCUT2D eigenvalue weighted by Gasteiger charge is 2.32. The lowest BCUT2D eigenvalue weighted by Crippen LogP contribution is -2.43. The number of aromatic hydroxyl groups is 1. The molecule has 1 aliphatic rings. The number of amides is 1. The number of nitrogens with one attached hydrogen (secondary N) is 1. The zero-order valence-corrected chi connectivity index (χ0v) is 13.8. The number of ether oxygens (including phenoxy) is 1. The maximum Gasteiger partial charge on any atom is 0.251 e. The maximum atomic E-state index is 13.7. The second kappa shape index (κ2) is 6.69. The van der Waals surface area contributed by atoms with Crippen molar-refractivity contribution in [2.45, 2.75) is 24.8 Å². The molecule has 2 aromatic carbocycles. The SMILES string of the molecule is COc1ccc(C2CC(NC(=O)c3ccc(O)c(Cl)c3)C2)cc1F. The number of halogens is 2. The highest BCUT2D eigenvalue weighted by molar-refractivity contribution is 6.32. The van der Waals surface area contributed by atoms with Crippen LogP contribution in [0, 0.1) is 5.82 Å². The summed E-state index contributed by atoms with van der Waals surface area (Å²) >= 11 is 5.81. The molecule has 1 fully saturated rings. The quantitative estimate of drug-likeness (QED) is 0.881. The summed E-state index contributed by atoms with van der Waals surface area (Å²) < 4.78 is 18.7. The van der Waals surface area contributed by atoms with Crippen LogP contribution in [0.1, 0.15) is 34.7 Å². The zero-order valence-electron chi connectivity index (χ0n) is 13.1. The van der Waals surface area contributed by atoms with Crippen molar-refractivity contribution in [1.82, 2.24) is 5.32 Å². The highest BCUT2D eigenvalue weighted by atomic mass is 35.5. The van der Waals surface area contributed by atoms with E-state index in [2.05, 4.69) is 5.32 Å². The van der Waals surface area contributed by atoms with Gasteiger partial charge in [-0.2, -0.15) is 0 Å². The summed E-state index contributed by atoms with van der Waals surface area (Å²) in [6.45, 7) is 0. The van der Waals surface area contributed by atoms with Gasteiger partial charge in [-0.1, -0.05) is 17.7 Å². The van der Waals surface area contributed by atoms with Crippen LogP contribution in [0.25, 0.3) is 0 Å². The largest absolute Gasteiger partial charge is 0.506 e. The molecule has 0 aromatic heterocycles. The molecule has 126 valence electrons. The summed E-state index contributed by atoms with van der Waals surface area (Å²) in [6, 6.07) is 9.34. The van der Waals surface area contributed by atoms with Crippen LogP contribution >= 0.6 is 11.6 Å². The van der Waals surface area contributed by atoms with E-state index in [4.69, 9.17) is 16.3 Å². The summed E-state index contributed by atoms with van der Waals surface area (Å²) in [6.07, 6.45) is 1.51. The minimum Gasteiger partial charge on any atom is -0.506 e. The second-order valence-electron chi connectivity index (χ2n) is 5.90. The van der Waals surface area contributed by atoms with Gasteiger partial charge < -0.3 is 15.2 Å². The number of hydrogen-bond acceptors (Lipinski definition) is 3. The Morgan fingerprint density at radius 3 is 2.67 bits per heavy atom. The fraction of sp³-hybridized carbons (Fsp3) is 0.278. The topological polar surface area (TPSA) is 58.6 Å². The van der Waals surface area contributed by atoms with Crippen LogP contribution in [0.2, 0.25) is 5.02 Å². The first kappa shape index (κ1) is 16.6. The normalized spacial score (nSPS) is 19.5. The molecule has 0 unspecified atom stereocenters. The molecule has 24 heavy (non-hydrogen) atoms. The lowest BCUT2D eigenvalue weighted by Gasteiger charge is -2.36. The van der Waals surface area contributed by atoms with Crippen LogP contribution in [0.5, 0.6) is 11.5 Å². The van der Waals surface area contributed by atoms with Gasteiger partial charge >= 0.3 is 0 Å². The Labute approximate surface area is 144 Å². The number of methoxy groups -OCH3 is 1. The molecule has 0 bridgehead atoms. The molecule has 4 nitrogen and oxygen atoms in total. The Morgan fingerprint density at radius 2 is 2.04 bits per heavy atom. The van der Waals surface area contributed by atoms with Crippen molar-refractivity contribution in [3.8, 4) is 11.5 Å². The molecule has 0 saturated heterocycles. The van der Waals surface area contributed by atoms with Gasteiger partial charge in [-0.3, -0.25) is 4.79 Å². The lowest BCUT2D eigenvalue weighted by molar-refractivity contribution is 0.0909.